The van der Waals surface area contributed by atoms with Crippen LogP contribution in [-0.2, 0) is 0 Å². The molecule has 4 nitrogen and oxygen atoms in total. The van der Waals surface area contributed by atoms with Gasteiger partial charge in [-0.05, 0) is 44.7 Å². The van der Waals surface area contributed by atoms with Crippen LogP contribution in [0.2, 0.25) is 0 Å². The molecule has 0 aliphatic heterocycles. The summed E-state index contributed by atoms with van der Waals surface area (Å²) in [6.07, 6.45) is 3.69. The molecule has 0 spiro atoms. The highest BCUT2D eigenvalue weighted by Crippen LogP contribution is 2.21. The first-order valence-corrected chi connectivity index (χ1v) is 6.41. The van der Waals surface area contributed by atoms with Crippen molar-refractivity contribution in [3.8, 4) is 5.75 Å². The largest absolute Gasteiger partial charge is 0.491 e. The van der Waals surface area contributed by atoms with Gasteiger partial charge >= 0.3 is 0 Å². The van der Waals surface area contributed by atoms with Crippen LogP contribution in [-0.4, -0.2) is 23.1 Å². The van der Waals surface area contributed by atoms with Gasteiger partial charge in [0.25, 0.3) is 0 Å². The van der Waals surface area contributed by atoms with Crippen molar-refractivity contribution in [2.45, 2.75) is 26.0 Å². The Labute approximate surface area is 113 Å². The highest BCUT2D eigenvalue weighted by atomic mass is 16.5. The molecule has 100 valence electrons. The zero-order valence-electron chi connectivity index (χ0n) is 11.5. The lowest BCUT2D eigenvalue weighted by Gasteiger charge is -2.16. The van der Waals surface area contributed by atoms with E-state index >= 15 is 0 Å². The number of benzene rings is 1. The fourth-order valence-corrected chi connectivity index (χ4v) is 1.92. The van der Waals surface area contributed by atoms with Crippen LogP contribution in [0.25, 0.3) is 0 Å². The van der Waals surface area contributed by atoms with E-state index in [1.54, 1.807) is 12.4 Å². The molecule has 1 aromatic carbocycles. The van der Waals surface area contributed by atoms with Crippen LogP contribution in [0.4, 0.5) is 0 Å². The van der Waals surface area contributed by atoms with E-state index in [4.69, 9.17) is 4.74 Å². The molecule has 1 heterocycles. The molecule has 0 saturated carbocycles. The van der Waals surface area contributed by atoms with E-state index in [-0.39, 0.29) is 12.1 Å². The molecule has 4 heteroatoms. The Morgan fingerprint density at radius 3 is 2.21 bits per heavy atom. The Balaban J connectivity index is 2.20. The Kier molecular flexibility index (Phi) is 4.47. The van der Waals surface area contributed by atoms with Gasteiger partial charge in [-0.1, -0.05) is 12.1 Å². The first-order valence-electron chi connectivity index (χ1n) is 6.41. The van der Waals surface area contributed by atoms with Gasteiger partial charge in [-0.3, -0.25) is 0 Å². The highest BCUT2D eigenvalue weighted by Gasteiger charge is 2.14. The van der Waals surface area contributed by atoms with Crippen molar-refractivity contribution < 1.29 is 4.74 Å². The van der Waals surface area contributed by atoms with Crippen molar-refractivity contribution in [1.82, 2.24) is 15.3 Å². The van der Waals surface area contributed by atoms with E-state index in [9.17, 15) is 0 Å². The summed E-state index contributed by atoms with van der Waals surface area (Å²) in [7, 11) is 1.90. The molecule has 1 aromatic heterocycles. The summed E-state index contributed by atoms with van der Waals surface area (Å²) in [5.74, 6) is 1.64. The smallest absolute Gasteiger partial charge is 0.149 e. The molecule has 1 unspecified atom stereocenters. The number of nitrogens with one attached hydrogen (secondary N) is 1. The molecule has 0 amide bonds. The quantitative estimate of drug-likeness (QED) is 0.894. The summed E-state index contributed by atoms with van der Waals surface area (Å²) in [5.41, 5.74) is 1.12. The van der Waals surface area contributed by atoms with Gasteiger partial charge in [-0.15, -0.1) is 0 Å². The van der Waals surface area contributed by atoms with Crippen molar-refractivity contribution in [2.24, 2.45) is 0 Å². The van der Waals surface area contributed by atoms with Crippen molar-refractivity contribution >= 4 is 0 Å². The fraction of sp³-hybridized carbons (Fsp3) is 0.333. The monoisotopic (exact) mass is 257 g/mol. The summed E-state index contributed by atoms with van der Waals surface area (Å²) in [4.78, 5) is 8.58. The lowest BCUT2D eigenvalue weighted by molar-refractivity contribution is 0.242. The molecule has 0 radical (unpaired) electrons. The molecule has 0 saturated heterocycles. The third kappa shape index (κ3) is 3.51. The third-order valence-electron chi connectivity index (χ3n) is 2.72. The molecular formula is C15H19N3O. The zero-order chi connectivity index (χ0) is 13.7. The molecule has 0 aliphatic carbocycles. The van der Waals surface area contributed by atoms with Gasteiger partial charge in [-0.25, -0.2) is 9.97 Å². The van der Waals surface area contributed by atoms with Gasteiger partial charge in [0.2, 0.25) is 0 Å². The number of ether oxygens (including phenoxy) is 1. The maximum atomic E-state index is 5.64. The van der Waals surface area contributed by atoms with Gasteiger partial charge in [0.05, 0.1) is 12.1 Å². The Hall–Kier alpha value is -1.94. The number of hydrogen-bond donors (Lipinski definition) is 1. The predicted octanol–water partition coefficient (Wildman–Crippen LogP) is 2.57. The maximum Gasteiger partial charge on any atom is 0.149 e. The van der Waals surface area contributed by atoms with E-state index in [1.165, 1.54) is 0 Å². The van der Waals surface area contributed by atoms with E-state index < -0.39 is 0 Å². The molecular weight excluding hydrogens is 238 g/mol. The minimum Gasteiger partial charge on any atom is -0.491 e. The first-order chi connectivity index (χ1) is 9.20. The van der Waals surface area contributed by atoms with Gasteiger partial charge in [0, 0.05) is 12.4 Å². The van der Waals surface area contributed by atoms with E-state index in [2.05, 4.69) is 15.3 Å². The Morgan fingerprint density at radius 2 is 1.68 bits per heavy atom. The zero-order valence-corrected chi connectivity index (χ0v) is 11.5. The van der Waals surface area contributed by atoms with Crippen molar-refractivity contribution in [2.75, 3.05) is 7.05 Å². The summed E-state index contributed by atoms with van der Waals surface area (Å²) < 4.78 is 5.64. The van der Waals surface area contributed by atoms with E-state index in [0.29, 0.717) is 0 Å². The number of rotatable bonds is 5. The van der Waals surface area contributed by atoms with E-state index in [1.807, 2.05) is 51.2 Å². The molecule has 0 aliphatic rings. The second kappa shape index (κ2) is 6.29. The van der Waals surface area contributed by atoms with Crippen LogP contribution in [0.3, 0.4) is 0 Å². The molecule has 1 atom stereocenters. The molecule has 0 fully saturated rings. The summed E-state index contributed by atoms with van der Waals surface area (Å²) >= 11 is 0. The summed E-state index contributed by atoms with van der Waals surface area (Å²) in [6.45, 7) is 4.03. The van der Waals surface area contributed by atoms with Crippen molar-refractivity contribution in [1.29, 1.82) is 0 Å². The lowest BCUT2D eigenvalue weighted by Crippen LogP contribution is -2.20. The third-order valence-corrected chi connectivity index (χ3v) is 2.72. The molecule has 19 heavy (non-hydrogen) atoms. The maximum absolute atomic E-state index is 5.64. The molecule has 2 rings (SSSR count). The SMILES string of the molecule is CNC(c1ccc(OC(C)C)cc1)c1ncccn1. The average Bonchev–Trinajstić information content (AvgIpc) is 2.42. The second-order valence-corrected chi connectivity index (χ2v) is 4.56. The second-order valence-electron chi connectivity index (χ2n) is 4.56. The topological polar surface area (TPSA) is 47.0 Å². The van der Waals surface area contributed by atoms with Crippen LogP contribution in [0, 0.1) is 0 Å². The fourth-order valence-electron chi connectivity index (χ4n) is 1.92. The minimum absolute atomic E-state index is 0.00528. The van der Waals surface area contributed by atoms with Gasteiger partial charge in [-0.2, -0.15) is 0 Å². The van der Waals surface area contributed by atoms with Gasteiger partial charge in [0.1, 0.15) is 11.6 Å². The van der Waals surface area contributed by atoms with Crippen LogP contribution in [0.5, 0.6) is 5.75 Å². The van der Waals surface area contributed by atoms with Gasteiger partial charge in [0.15, 0.2) is 0 Å². The minimum atomic E-state index is -0.00528. The number of aromatic nitrogens is 2. The predicted molar refractivity (Wildman–Crippen MR) is 75.1 cm³/mol. The number of hydrogen-bond acceptors (Lipinski definition) is 4. The van der Waals surface area contributed by atoms with Crippen LogP contribution in [0.15, 0.2) is 42.7 Å². The molecule has 1 N–H and O–H groups in total. The highest BCUT2D eigenvalue weighted by molar-refractivity contribution is 5.31. The standard InChI is InChI=1S/C15H19N3O/c1-11(2)19-13-7-5-12(6-8-13)14(16-3)15-17-9-4-10-18-15/h4-11,14,16H,1-3H3. The molecule has 2 aromatic rings. The van der Waals surface area contributed by atoms with Crippen LogP contribution < -0.4 is 10.1 Å². The van der Waals surface area contributed by atoms with Crippen LogP contribution >= 0.6 is 0 Å². The summed E-state index contributed by atoms with van der Waals surface area (Å²) in [5, 5.41) is 3.23. The Morgan fingerprint density at radius 1 is 1.05 bits per heavy atom. The summed E-state index contributed by atoms with van der Waals surface area (Å²) in [6, 6.07) is 9.83. The lowest BCUT2D eigenvalue weighted by atomic mass is 10.1. The van der Waals surface area contributed by atoms with E-state index in [0.717, 1.165) is 17.1 Å². The first kappa shape index (κ1) is 13.5. The Bertz CT molecular complexity index is 497. The molecule has 0 bridgehead atoms. The van der Waals surface area contributed by atoms with Crippen molar-refractivity contribution in [3.63, 3.8) is 0 Å². The average molecular weight is 257 g/mol. The van der Waals surface area contributed by atoms with Crippen LogP contribution in [0.1, 0.15) is 31.3 Å². The van der Waals surface area contributed by atoms with Crippen molar-refractivity contribution in [3.05, 3.63) is 54.1 Å². The number of nitrogens with zero attached hydrogens (tertiary/aromatic N) is 2. The van der Waals surface area contributed by atoms with Gasteiger partial charge < -0.3 is 10.1 Å². The normalized spacial score (nSPS) is 12.4.